The van der Waals surface area contributed by atoms with Gasteiger partial charge in [0.15, 0.2) is 0 Å². The number of nitrogens with zero attached hydrogens (tertiary/aromatic N) is 1. The lowest BCUT2D eigenvalue weighted by Gasteiger charge is -1.97. The zero-order valence-corrected chi connectivity index (χ0v) is 16.2. The highest BCUT2D eigenvalue weighted by molar-refractivity contribution is 5.81. The van der Waals surface area contributed by atoms with E-state index in [9.17, 15) is 9.59 Å². The van der Waals surface area contributed by atoms with E-state index in [1.165, 1.54) is 24.8 Å². The third-order valence-corrected chi connectivity index (χ3v) is 2.40. The summed E-state index contributed by atoms with van der Waals surface area (Å²) in [6.07, 6.45) is 7.28. The number of hydrogen-bond acceptors (Lipinski definition) is 5. The Kier molecular flexibility index (Phi) is 26.2. The van der Waals surface area contributed by atoms with Crippen LogP contribution in [-0.2, 0) is 19.1 Å². The normalized spacial score (nSPS) is 7.44. The Labute approximate surface area is 162 Å². The summed E-state index contributed by atoms with van der Waals surface area (Å²) >= 11 is 0. The van der Waals surface area contributed by atoms with Gasteiger partial charge in [-0.3, -0.25) is 0 Å². The van der Waals surface area contributed by atoms with Crippen LogP contribution in [0.2, 0.25) is 0 Å². The van der Waals surface area contributed by atoms with Crippen LogP contribution in [-0.4, -0.2) is 25.7 Å². The molecule has 5 heteroatoms. The number of carbonyl (C=O) groups excluding carboxylic acids is 2. The number of carbonyl (C=O) groups is 2. The Morgan fingerprint density at radius 2 is 1.59 bits per heavy atom. The SMILES string of the molecule is C=CC#N.C=CC(=O)OC.C=CC(=O)OCCCC.C=Cc1ccccc1. The molecular formula is C22H29NO4. The van der Waals surface area contributed by atoms with Crippen LogP contribution in [0.25, 0.3) is 6.08 Å². The molecule has 0 saturated carbocycles. The highest BCUT2D eigenvalue weighted by atomic mass is 16.5. The Morgan fingerprint density at radius 3 is 1.85 bits per heavy atom. The van der Waals surface area contributed by atoms with Gasteiger partial charge in [-0.05, 0) is 12.0 Å². The van der Waals surface area contributed by atoms with E-state index in [1.807, 2.05) is 43.3 Å². The maximum Gasteiger partial charge on any atom is 0.330 e. The van der Waals surface area contributed by atoms with E-state index in [1.54, 1.807) is 6.07 Å². The number of esters is 2. The number of allylic oxidation sites excluding steroid dienone is 1. The van der Waals surface area contributed by atoms with Gasteiger partial charge >= 0.3 is 11.9 Å². The van der Waals surface area contributed by atoms with Gasteiger partial charge < -0.3 is 9.47 Å². The van der Waals surface area contributed by atoms with Crippen molar-refractivity contribution in [2.75, 3.05) is 13.7 Å². The Balaban J connectivity index is -0.000000296. The second-order valence-corrected chi connectivity index (χ2v) is 4.40. The van der Waals surface area contributed by atoms with Crippen molar-refractivity contribution in [2.45, 2.75) is 19.8 Å². The number of benzene rings is 1. The molecule has 0 aliphatic rings. The fourth-order valence-corrected chi connectivity index (χ4v) is 1.05. The first-order valence-corrected chi connectivity index (χ1v) is 8.14. The van der Waals surface area contributed by atoms with E-state index < -0.39 is 5.97 Å². The molecule has 1 aromatic carbocycles. The van der Waals surface area contributed by atoms with Crippen molar-refractivity contribution >= 4 is 18.0 Å². The summed E-state index contributed by atoms with van der Waals surface area (Å²) in [5, 5.41) is 7.51. The van der Waals surface area contributed by atoms with Crippen LogP contribution in [0.15, 0.2) is 74.9 Å². The van der Waals surface area contributed by atoms with Crippen LogP contribution in [0.1, 0.15) is 25.3 Å². The van der Waals surface area contributed by atoms with Gasteiger partial charge in [0.25, 0.3) is 0 Å². The van der Waals surface area contributed by atoms with E-state index >= 15 is 0 Å². The average molecular weight is 371 g/mol. The van der Waals surface area contributed by atoms with Crippen LogP contribution in [0, 0.1) is 11.3 Å². The first-order valence-electron chi connectivity index (χ1n) is 8.14. The van der Waals surface area contributed by atoms with Gasteiger partial charge in [0.2, 0.25) is 0 Å². The van der Waals surface area contributed by atoms with Crippen molar-refractivity contribution in [3.8, 4) is 6.07 Å². The third-order valence-electron chi connectivity index (χ3n) is 2.40. The zero-order chi connectivity index (χ0) is 21.3. The maximum atomic E-state index is 10.3. The number of hydrogen-bond donors (Lipinski definition) is 0. The number of nitriles is 1. The van der Waals surface area contributed by atoms with Crippen LogP contribution >= 0.6 is 0 Å². The lowest BCUT2D eigenvalue weighted by molar-refractivity contribution is -0.138. The number of ether oxygens (including phenoxy) is 2. The van der Waals surface area contributed by atoms with Crippen LogP contribution in [0.5, 0.6) is 0 Å². The largest absolute Gasteiger partial charge is 0.466 e. The molecule has 0 amide bonds. The molecule has 5 nitrogen and oxygen atoms in total. The second-order valence-electron chi connectivity index (χ2n) is 4.40. The van der Waals surface area contributed by atoms with E-state index in [0.717, 1.165) is 18.9 Å². The molecule has 0 atom stereocenters. The van der Waals surface area contributed by atoms with Crippen LogP contribution < -0.4 is 0 Å². The molecule has 0 spiro atoms. The van der Waals surface area contributed by atoms with E-state index in [0.29, 0.717) is 6.61 Å². The Hall–Kier alpha value is -3.39. The predicted molar refractivity (Wildman–Crippen MR) is 111 cm³/mol. The van der Waals surface area contributed by atoms with Gasteiger partial charge in [-0.1, -0.05) is 76.1 Å². The van der Waals surface area contributed by atoms with Crippen molar-refractivity contribution in [2.24, 2.45) is 0 Å². The molecule has 0 N–H and O–H groups in total. The smallest absolute Gasteiger partial charge is 0.330 e. The van der Waals surface area contributed by atoms with E-state index in [2.05, 4.69) is 35.8 Å². The van der Waals surface area contributed by atoms with Gasteiger partial charge in [0, 0.05) is 18.2 Å². The van der Waals surface area contributed by atoms with Gasteiger partial charge in [-0.2, -0.15) is 5.26 Å². The summed E-state index contributed by atoms with van der Waals surface area (Å²) in [7, 11) is 1.31. The standard InChI is InChI=1S/C8H8.C7H12O2.C4H6O2.C3H3N/c1-2-8-6-4-3-5-7-8;1-3-5-6-9-7(8)4-2;1-3-4(5)6-2;1-2-3-4/h2-7H,1H2;4H,2-3,5-6H2,1H3;3H,1H2,2H3;2H,1H2. The third kappa shape index (κ3) is 27.7. The van der Waals surface area contributed by atoms with Crippen LogP contribution in [0.4, 0.5) is 0 Å². The summed E-state index contributed by atoms with van der Waals surface area (Å²) < 4.78 is 8.82. The zero-order valence-electron chi connectivity index (χ0n) is 16.2. The molecule has 146 valence electrons. The minimum absolute atomic E-state index is 0.330. The average Bonchev–Trinajstić information content (AvgIpc) is 2.74. The fraction of sp³-hybridized carbons (Fsp3) is 0.227. The minimum atomic E-state index is -0.394. The number of unbranched alkanes of at least 4 members (excludes halogenated alkanes) is 1. The highest BCUT2D eigenvalue weighted by Gasteiger charge is 1.91. The summed E-state index contributed by atoms with van der Waals surface area (Å²) in [4.78, 5) is 20.2. The topological polar surface area (TPSA) is 76.4 Å². The summed E-state index contributed by atoms with van der Waals surface area (Å²) in [5.41, 5.74) is 1.17. The number of methoxy groups -OCH3 is 1. The molecule has 0 aromatic heterocycles. The van der Waals surface area contributed by atoms with Crippen molar-refractivity contribution in [3.05, 3.63) is 80.4 Å². The van der Waals surface area contributed by atoms with Gasteiger partial charge in [-0.15, -0.1) is 0 Å². The Bertz CT molecular complexity index is 586. The molecule has 0 saturated heterocycles. The van der Waals surface area contributed by atoms with E-state index in [4.69, 9.17) is 5.26 Å². The van der Waals surface area contributed by atoms with Gasteiger partial charge in [0.1, 0.15) is 0 Å². The minimum Gasteiger partial charge on any atom is -0.466 e. The first kappa shape index (κ1) is 28.4. The highest BCUT2D eigenvalue weighted by Crippen LogP contribution is 1.97. The van der Waals surface area contributed by atoms with Crippen molar-refractivity contribution in [3.63, 3.8) is 0 Å². The molecule has 1 aromatic rings. The maximum absolute atomic E-state index is 10.3. The molecule has 0 radical (unpaired) electrons. The molecule has 1 rings (SSSR count). The van der Waals surface area contributed by atoms with Gasteiger partial charge in [0.05, 0.1) is 19.8 Å². The quantitative estimate of drug-likeness (QED) is 0.308. The van der Waals surface area contributed by atoms with E-state index in [-0.39, 0.29) is 5.97 Å². The molecule has 0 fully saturated rings. The Morgan fingerprint density at radius 1 is 1.07 bits per heavy atom. The van der Waals surface area contributed by atoms with Gasteiger partial charge in [-0.25, -0.2) is 9.59 Å². The van der Waals surface area contributed by atoms with Crippen molar-refractivity contribution < 1.29 is 19.1 Å². The molecular weight excluding hydrogens is 342 g/mol. The summed E-state index contributed by atoms with van der Waals surface area (Å²) in [6.45, 7) is 15.7. The molecule has 0 aliphatic heterocycles. The summed E-state index contributed by atoms with van der Waals surface area (Å²) in [6, 6.07) is 11.7. The molecule has 0 aliphatic carbocycles. The molecule has 0 bridgehead atoms. The lowest BCUT2D eigenvalue weighted by Crippen LogP contribution is -2.00. The first-order chi connectivity index (χ1) is 13.0. The second kappa shape index (κ2) is 24.9. The fourth-order valence-electron chi connectivity index (χ4n) is 1.05. The van der Waals surface area contributed by atoms with Crippen molar-refractivity contribution in [1.82, 2.24) is 0 Å². The lowest BCUT2D eigenvalue weighted by atomic mass is 10.2. The molecule has 0 heterocycles. The van der Waals surface area contributed by atoms with Crippen LogP contribution in [0.3, 0.4) is 0 Å². The molecule has 0 unspecified atom stereocenters. The predicted octanol–water partition coefficient (Wildman–Crippen LogP) is 4.89. The number of rotatable bonds is 6. The van der Waals surface area contributed by atoms with Crippen molar-refractivity contribution in [1.29, 1.82) is 5.26 Å². The molecule has 27 heavy (non-hydrogen) atoms. The summed E-state index contributed by atoms with van der Waals surface area (Å²) in [5.74, 6) is -0.724. The monoisotopic (exact) mass is 371 g/mol.